The molecule has 1 saturated carbocycles. The van der Waals surface area contributed by atoms with E-state index in [-0.39, 0.29) is 29.7 Å². The first-order valence-electron chi connectivity index (χ1n) is 15.5. The normalized spacial score (nSPS) is 16.3. The van der Waals surface area contributed by atoms with Gasteiger partial charge in [0.2, 0.25) is 0 Å². The van der Waals surface area contributed by atoms with E-state index < -0.39 is 0 Å². The Labute approximate surface area is 250 Å². The second kappa shape index (κ2) is 18.7. The summed E-state index contributed by atoms with van der Waals surface area (Å²) in [4.78, 5) is 36.4. The fourth-order valence-electron chi connectivity index (χ4n) is 5.03. The average Bonchev–Trinajstić information content (AvgIpc) is 3.02. The first-order valence-corrected chi connectivity index (χ1v) is 15.5. The summed E-state index contributed by atoms with van der Waals surface area (Å²) in [7, 11) is 0. The fourth-order valence-corrected chi connectivity index (χ4v) is 5.03. The predicted molar refractivity (Wildman–Crippen MR) is 163 cm³/mol. The van der Waals surface area contributed by atoms with E-state index >= 15 is 0 Å². The predicted octanol–water partition coefficient (Wildman–Crippen LogP) is 7.80. The summed E-state index contributed by atoms with van der Waals surface area (Å²) in [5.41, 5.74) is 1.26. The molecule has 0 N–H and O–H groups in total. The Morgan fingerprint density at radius 2 is 1.19 bits per heavy atom. The number of esters is 3. The highest BCUT2D eigenvalue weighted by Crippen LogP contribution is 2.31. The van der Waals surface area contributed by atoms with E-state index in [1.54, 1.807) is 24.3 Å². The van der Waals surface area contributed by atoms with Crippen molar-refractivity contribution in [1.82, 2.24) is 0 Å². The largest absolute Gasteiger partial charge is 0.494 e. The van der Waals surface area contributed by atoms with E-state index in [1.165, 1.54) is 37.3 Å². The number of carbonyl (C=O) groups is 3. The Morgan fingerprint density at radius 1 is 0.690 bits per heavy atom. The minimum Gasteiger partial charge on any atom is -0.494 e. The third-order valence-electron chi connectivity index (χ3n) is 7.62. The second-order valence-electron chi connectivity index (χ2n) is 11.0. The Kier molecular flexibility index (Phi) is 14.7. The molecular formula is C35H46O7. The van der Waals surface area contributed by atoms with Crippen molar-refractivity contribution < 1.29 is 33.3 Å². The van der Waals surface area contributed by atoms with Gasteiger partial charge in [0.1, 0.15) is 17.2 Å². The summed E-state index contributed by atoms with van der Waals surface area (Å²) in [6, 6.07) is 14.9. The minimum absolute atomic E-state index is 0.200. The number of unbranched alkanes of at least 4 members (excludes halogenated alkanes) is 6. The van der Waals surface area contributed by atoms with Crippen molar-refractivity contribution >= 4 is 17.9 Å². The van der Waals surface area contributed by atoms with Crippen LogP contribution in [0.5, 0.6) is 17.2 Å². The molecule has 2 aromatic carbocycles. The van der Waals surface area contributed by atoms with Crippen LogP contribution in [-0.2, 0) is 25.5 Å². The second-order valence-corrected chi connectivity index (χ2v) is 11.0. The van der Waals surface area contributed by atoms with Crippen LogP contribution in [0.2, 0.25) is 0 Å². The van der Waals surface area contributed by atoms with Crippen molar-refractivity contribution in [3.8, 4) is 17.2 Å². The van der Waals surface area contributed by atoms with Gasteiger partial charge in [-0.2, -0.15) is 0 Å². The van der Waals surface area contributed by atoms with Gasteiger partial charge in [0.15, 0.2) is 0 Å². The SMILES string of the molecule is C=CC(=O)OCCCCCCOc1ccc(OC(=O)C2CCC(C(=O)Oc3ccc(CCCCCC)cc3)CC2)cc1. The number of ether oxygens (including phenoxy) is 4. The number of hydrogen-bond donors (Lipinski definition) is 0. The molecule has 1 fully saturated rings. The molecule has 0 spiro atoms. The molecule has 0 radical (unpaired) electrons. The zero-order valence-corrected chi connectivity index (χ0v) is 25.0. The lowest BCUT2D eigenvalue weighted by molar-refractivity contribution is -0.145. The molecule has 0 atom stereocenters. The van der Waals surface area contributed by atoms with Gasteiger partial charge in [-0.05, 0) is 106 Å². The van der Waals surface area contributed by atoms with Crippen LogP contribution >= 0.6 is 0 Å². The van der Waals surface area contributed by atoms with Crippen molar-refractivity contribution in [1.29, 1.82) is 0 Å². The molecule has 228 valence electrons. The van der Waals surface area contributed by atoms with E-state index in [1.807, 2.05) is 24.3 Å². The Balaban J connectivity index is 1.29. The van der Waals surface area contributed by atoms with Gasteiger partial charge in [-0.3, -0.25) is 9.59 Å². The molecule has 1 aliphatic carbocycles. The number of hydrogen-bond acceptors (Lipinski definition) is 7. The average molecular weight is 579 g/mol. The standard InChI is InChI=1S/C35H46O7/c1-3-5-6-9-12-27-13-19-31(20-14-27)41-34(37)28-15-17-29(18-16-28)35(38)42-32-23-21-30(22-24-32)39-25-10-7-8-11-26-40-33(36)4-2/h4,13-14,19-24,28-29H,2-3,5-12,15-18,25-26H2,1H3. The van der Waals surface area contributed by atoms with E-state index in [2.05, 4.69) is 13.5 Å². The fraction of sp³-hybridized carbons (Fsp3) is 0.514. The van der Waals surface area contributed by atoms with Crippen molar-refractivity contribution in [2.24, 2.45) is 11.8 Å². The summed E-state index contributed by atoms with van der Waals surface area (Å²) < 4.78 is 22.0. The third kappa shape index (κ3) is 12.1. The molecule has 0 aliphatic heterocycles. The summed E-state index contributed by atoms with van der Waals surface area (Å²) in [6.45, 7) is 6.57. The van der Waals surface area contributed by atoms with Crippen LogP contribution in [0.1, 0.15) is 89.5 Å². The molecule has 42 heavy (non-hydrogen) atoms. The molecule has 0 heterocycles. The maximum atomic E-state index is 12.7. The van der Waals surface area contributed by atoms with Crippen LogP contribution < -0.4 is 14.2 Å². The van der Waals surface area contributed by atoms with E-state index in [9.17, 15) is 14.4 Å². The zero-order chi connectivity index (χ0) is 30.0. The molecule has 0 saturated heterocycles. The maximum Gasteiger partial charge on any atom is 0.330 e. The number of carbonyl (C=O) groups excluding carboxylic acids is 3. The summed E-state index contributed by atoms with van der Waals surface area (Å²) >= 11 is 0. The smallest absolute Gasteiger partial charge is 0.330 e. The molecule has 0 amide bonds. The summed E-state index contributed by atoms with van der Waals surface area (Å²) in [5.74, 6) is 0.488. The summed E-state index contributed by atoms with van der Waals surface area (Å²) in [6.07, 6.45) is 13.2. The lowest BCUT2D eigenvalue weighted by Crippen LogP contribution is -2.30. The highest BCUT2D eigenvalue weighted by molar-refractivity contribution is 5.81. The van der Waals surface area contributed by atoms with Crippen molar-refractivity contribution in [3.63, 3.8) is 0 Å². The van der Waals surface area contributed by atoms with Crippen LogP contribution in [0, 0.1) is 11.8 Å². The van der Waals surface area contributed by atoms with Crippen LogP contribution in [0.3, 0.4) is 0 Å². The van der Waals surface area contributed by atoms with Gasteiger partial charge in [-0.25, -0.2) is 4.79 Å². The number of rotatable bonds is 18. The molecular weight excluding hydrogens is 532 g/mol. The van der Waals surface area contributed by atoms with Gasteiger partial charge in [0.05, 0.1) is 25.0 Å². The topological polar surface area (TPSA) is 88.1 Å². The van der Waals surface area contributed by atoms with Crippen molar-refractivity contribution in [2.75, 3.05) is 13.2 Å². The van der Waals surface area contributed by atoms with Gasteiger partial charge in [-0.15, -0.1) is 0 Å². The monoisotopic (exact) mass is 578 g/mol. The van der Waals surface area contributed by atoms with E-state index in [0.717, 1.165) is 37.9 Å². The Morgan fingerprint density at radius 3 is 1.74 bits per heavy atom. The zero-order valence-electron chi connectivity index (χ0n) is 25.0. The Bertz CT molecular complexity index is 1100. The van der Waals surface area contributed by atoms with Gasteiger partial charge < -0.3 is 18.9 Å². The van der Waals surface area contributed by atoms with E-state index in [0.29, 0.717) is 50.4 Å². The van der Waals surface area contributed by atoms with Gasteiger partial charge >= 0.3 is 17.9 Å². The Hall–Kier alpha value is -3.61. The molecule has 0 aromatic heterocycles. The van der Waals surface area contributed by atoms with Gasteiger partial charge in [0.25, 0.3) is 0 Å². The van der Waals surface area contributed by atoms with Crippen LogP contribution in [0.25, 0.3) is 0 Å². The lowest BCUT2D eigenvalue weighted by atomic mass is 9.82. The highest BCUT2D eigenvalue weighted by atomic mass is 16.5. The maximum absolute atomic E-state index is 12.7. The molecule has 7 heteroatoms. The lowest BCUT2D eigenvalue weighted by Gasteiger charge is -2.25. The molecule has 2 aromatic rings. The molecule has 0 unspecified atom stereocenters. The van der Waals surface area contributed by atoms with Crippen LogP contribution in [0.4, 0.5) is 0 Å². The quantitative estimate of drug-likeness (QED) is 0.0772. The number of benzene rings is 2. The first kappa shape index (κ1) is 32.9. The summed E-state index contributed by atoms with van der Waals surface area (Å²) in [5, 5.41) is 0. The van der Waals surface area contributed by atoms with Crippen LogP contribution in [0.15, 0.2) is 61.2 Å². The van der Waals surface area contributed by atoms with Crippen molar-refractivity contribution in [2.45, 2.75) is 90.4 Å². The molecule has 3 rings (SSSR count). The third-order valence-corrected chi connectivity index (χ3v) is 7.62. The van der Waals surface area contributed by atoms with Crippen LogP contribution in [-0.4, -0.2) is 31.1 Å². The molecule has 0 bridgehead atoms. The van der Waals surface area contributed by atoms with Gasteiger partial charge in [-0.1, -0.05) is 44.9 Å². The van der Waals surface area contributed by atoms with Gasteiger partial charge in [0, 0.05) is 6.08 Å². The molecule has 1 aliphatic rings. The highest BCUT2D eigenvalue weighted by Gasteiger charge is 2.32. The van der Waals surface area contributed by atoms with E-state index in [4.69, 9.17) is 18.9 Å². The van der Waals surface area contributed by atoms with Crippen molar-refractivity contribution in [3.05, 3.63) is 66.7 Å². The minimum atomic E-state index is -0.387. The molecule has 7 nitrogen and oxygen atoms in total. The first-order chi connectivity index (χ1) is 20.5. The number of aryl methyl sites for hydroxylation is 1.